The van der Waals surface area contributed by atoms with Crippen molar-refractivity contribution in [3.63, 3.8) is 0 Å². The van der Waals surface area contributed by atoms with E-state index in [9.17, 15) is 4.79 Å². The molecule has 0 aromatic rings. The lowest BCUT2D eigenvalue weighted by Crippen LogP contribution is -2.08. The third-order valence-corrected chi connectivity index (χ3v) is 1.45. The van der Waals surface area contributed by atoms with Gasteiger partial charge < -0.3 is 9.03 Å². The van der Waals surface area contributed by atoms with E-state index in [-0.39, 0.29) is 6.10 Å². The molecule has 0 aromatic carbocycles. The predicted molar refractivity (Wildman–Crippen MR) is 30.9 cm³/mol. The molecule has 52 valence electrons. The molecule has 1 fully saturated rings. The zero-order valence-corrected chi connectivity index (χ0v) is 5.72. The second kappa shape index (κ2) is 2.54. The minimum atomic E-state index is -0.483. The van der Waals surface area contributed by atoms with Gasteiger partial charge in [-0.1, -0.05) is 6.92 Å². The van der Waals surface area contributed by atoms with Crippen LogP contribution < -0.4 is 0 Å². The van der Waals surface area contributed by atoms with E-state index in [4.69, 9.17) is 16.6 Å². The van der Waals surface area contributed by atoms with Crippen molar-refractivity contribution in [3.8, 4) is 0 Å². The van der Waals surface area contributed by atoms with Gasteiger partial charge in [0.25, 0.3) is 0 Å². The molecule has 2 unspecified atom stereocenters. The molecule has 2 atom stereocenters. The first-order valence-corrected chi connectivity index (χ1v) is 3.08. The Balaban J connectivity index is 2.25. The molecule has 0 aliphatic carbocycles. The number of epoxide rings is 1. The van der Waals surface area contributed by atoms with Crippen LogP contribution >= 0.6 is 11.9 Å². The number of carbonyl (C=O) groups is 1. The van der Waals surface area contributed by atoms with E-state index in [1.54, 1.807) is 0 Å². The van der Waals surface area contributed by atoms with Gasteiger partial charge in [0.15, 0.2) is 6.10 Å². The first-order valence-electron chi connectivity index (χ1n) is 2.77. The number of hydrogen-bond acceptors (Lipinski definition) is 3. The van der Waals surface area contributed by atoms with Crippen molar-refractivity contribution in [2.75, 3.05) is 0 Å². The monoisotopic (exact) mass is 150 g/mol. The first kappa shape index (κ1) is 6.83. The highest BCUT2D eigenvalue weighted by atomic mass is 35.5. The van der Waals surface area contributed by atoms with Crippen LogP contribution in [0.25, 0.3) is 0 Å². The van der Waals surface area contributed by atoms with Gasteiger partial charge in [-0.25, -0.2) is 4.79 Å². The number of rotatable bonds is 2. The molecule has 1 saturated heterocycles. The Morgan fingerprint density at radius 1 is 1.89 bits per heavy atom. The lowest BCUT2D eigenvalue weighted by molar-refractivity contribution is -0.135. The van der Waals surface area contributed by atoms with Gasteiger partial charge in [-0.3, -0.25) is 0 Å². The topological polar surface area (TPSA) is 38.8 Å². The Bertz CT molecular complexity index is 125. The molecule has 0 saturated carbocycles. The van der Waals surface area contributed by atoms with Crippen LogP contribution in [-0.2, 0) is 13.8 Å². The average Bonchev–Trinajstić information content (AvgIpc) is 2.64. The highest BCUT2D eigenvalue weighted by molar-refractivity contribution is 6.13. The Hall–Kier alpha value is -0.280. The number of halogens is 1. The number of hydrogen-bond donors (Lipinski definition) is 0. The molecule has 1 aliphatic heterocycles. The summed E-state index contributed by atoms with van der Waals surface area (Å²) in [6.07, 6.45) is 0.472. The van der Waals surface area contributed by atoms with E-state index in [2.05, 4.69) is 4.29 Å². The van der Waals surface area contributed by atoms with Crippen molar-refractivity contribution >= 4 is 17.8 Å². The predicted octanol–water partition coefficient (Wildman–Crippen LogP) is 0.861. The van der Waals surface area contributed by atoms with E-state index in [0.29, 0.717) is 0 Å². The molecule has 0 radical (unpaired) electrons. The van der Waals surface area contributed by atoms with Crippen molar-refractivity contribution in [1.29, 1.82) is 0 Å². The molecule has 4 heteroatoms. The van der Waals surface area contributed by atoms with Crippen LogP contribution in [0.15, 0.2) is 0 Å². The average molecular weight is 151 g/mol. The summed E-state index contributed by atoms with van der Waals surface area (Å²) in [6, 6.07) is 0. The third-order valence-electron chi connectivity index (χ3n) is 1.29. The molecule has 0 aromatic heterocycles. The van der Waals surface area contributed by atoms with Gasteiger partial charge in [0.05, 0.1) is 6.10 Å². The number of carbonyl (C=O) groups excluding carboxylic acids is 1. The van der Waals surface area contributed by atoms with Crippen molar-refractivity contribution in [2.45, 2.75) is 25.6 Å². The molecule has 0 amide bonds. The third kappa shape index (κ3) is 1.34. The summed E-state index contributed by atoms with van der Waals surface area (Å²) in [5.74, 6) is -0.483. The highest BCUT2D eigenvalue weighted by Crippen LogP contribution is 2.26. The molecule has 0 bridgehead atoms. The highest BCUT2D eigenvalue weighted by Gasteiger charge is 2.44. The van der Waals surface area contributed by atoms with E-state index in [0.717, 1.165) is 6.42 Å². The van der Waals surface area contributed by atoms with Crippen molar-refractivity contribution in [1.82, 2.24) is 0 Å². The molecule has 0 N–H and O–H groups in total. The van der Waals surface area contributed by atoms with Gasteiger partial charge in [-0.05, 0) is 6.42 Å². The van der Waals surface area contributed by atoms with Gasteiger partial charge in [-0.2, -0.15) is 0 Å². The van der Waals surface area contributed by atoms with Crippen molar-refractivity contribution < 1.29 is 13.8 Å². The molecular weight excluding hydrogens is 144 g/mol. The van der Waals surface area contributed by atoms with Crippen LogP contribution in [0.1, 0.15) is 13.3 Å². The summed E-state index contributed by atoms with van der Waals surface area (Å²) >= 11 is 4.78. The largest absolute Gasteiger partial charge is 0.357 e. The zero-order valence-electron chi connectivity index (χ0n) is 4.96. The summed E-state index contributed by atoms with van der Waals surface area (Å²) in [5, 5.41) is 0. The molecule has 1 aliphatic rings. The molecule has 1 rings (SSSR count). The number of ether oxygens (including phenoxy) is 1. The minimum Gasteiger partial charge on any atom is -0.357 e. The van der Waals surface area contributed by atoms with Crippen LogP contribution in [-0.4, -0.2) is 18.2 Å². The Morgan fingerprint density at radius 3 is 2.89 bits per heavy atom. The summed E-state index contributed by atoms with van der Waals surface area (Å²) < 4.78 is 8.77. The maximum atomic E-state index is 10.5. The molecule has 1 heterocycles. The summed E-state index contributed by atoms with van der Waals surface area (Å²) in [5.41, 5.74) is 0. The summed E-state index contributed by atoms with van der Waals surface area (Å²) in [4.78, 5) is 10.5. The standard InChI is InChI=1S/C5H7ClO3/c1-2-3-4(8-3)5(7)9-6/h3-4H,2H2,1H3. The molecular formula is C5H7ClO3. The van der Waals surface area contributed by atoms with E-state index in [1.165, 1.54) is 0 Å². The molecule has 3 nitrogen and oxygen atoms in total. The second-order valence-corrected chi connectivity index (χ2v) is 2.05. The Morgan fingerprint density at radius 2 is 2.56 bits per heavy atom. The fourth-order valence-electron chi connectivity index (χ4n) is 0.704. The summed E-state index contributed by atoms with van der Waals surface area (Å²) in [7, 11) is 0. The van der Waals surface area contributed by atoms with Gasteiger partial charge in [0.2, 0.25) is 0 Å². The van der Waals surface area contributed by atoms with Crippen molar-refractivity contribution in [2.24, 2.45) is 0 Å². The lowest BCUT2D eigenvalue weighted by Gasteiger charge is -1.84. The Kier molecular flexibility index (Phi) is 1.93. The van der Waals surface area contributed by atoms with E-state index >= 15 is 0 Å². The van der Waals surface area contributed by atoms with Gasteiger partial charge in [-0.15, -0.1) is 0 Å². The van der Waals surface area contributed by atoms with Crippen molar-refractivity contribution in [3.05, 3.63) is 0 Å². The fraction of sp³-hybridized carbons (Fsp3) is 0.800. The van der Waals surface area contributed by atoms with Gasteiger partial charge in [0, 0.05) is 0 Å². The maximum Gasteiger partial charge on any atom is 0.356 e. The smallest absolute Gasteiger partial charge is 0.356 e. The van der Waals surface area contributed by atoms with Crippen LogP contribution in [0, 0.1) is 0 Å². The quantitative estimate of drug-likeness (QED) is 0.548. The maximum absolute atomic E-state index is 10.5. The van der Waals surface area contributed by atoms with Crippen LogP contribution in [0.2, 0.25) is 0 Å². The zero-order chi connectivity index (χ0) is 6.85. The SMILES string of the molecule is CCC1OC1C(=O)OCl. The molecule has 0 spiro atoms. The van der Waals surface area contributed by atoms with E-state index < -0.39 is 12.1 Å². The first-order chi connectivity index (χ1) is 4.29. The van der Waals surface area contributed by atoms with Crippen LogP contribution in [0.3, 0.4) is 0 Å². The minimum absolute atomic E-state index is 0.0382. The summed E-state index contributed by atoms with van der Waals surface area (Å²) in [6.45, 7) is 1.94. The normalized spacial score (nSPS) is 31.8. The van der Waals surface area contributed by atoms with E-state index in [1.807, 2.05) is 6.92 Å². The fourth-order valence-corrected chi connectivity index (χ4v) is 0.792. The Labute approximate surface area is 58.1 Å². The lowest BCUT2D eigenvalue weighted by atomic mass is 10.3. The van der Waals surface area contributed by atoms with Crippen LogP contribution in [0.5, 0.6) is 0 Å². The van der Waals surface area contributed by atoms with Crippen LogP contribution in [0.4, 0.5) is 0 Å². The molecule has 9 heavy (non-hydrogen) atoms. The van der Waals surface area contributed by atoms with Gasteiger partial charge in [0.1, 0.15) is 11.9 Å². The van der Waals surface area contributed by atoms with Gasteiger partial charge >= 0.3 is 5.97 Å². The second-order valence-electron chi connectivity index (χ2n) is 1.90.